The van der Waals surface area contributed by atoms with Crippen LogP contribution in [0.2, 0.25) is 0 Å². The number of benzene rings is 1. The summed E-state index contributed by atoms with van der Waals surface area (Å²) < 4.78 is 12.2. The number of pyridine rings is 1. The number of fused-ring (bicyclic) bond motifs is 4. The quantitative estimate of drug-likeness (QED) is 0.476. The topological polar surface area (TPSA) is 34.6 Å². The molecule has 1 aromatic carbocycles. The van der Waals surface area contributed by atoms with Crippen molar-refractivity contribution in [1.82, 2.24) is 9.88 Å². The third kappa shape index (κ3) is 3.66. The fourth-order valence-electron chi connectivity index (χ4n) is 5.19. The second-order valence-electron chi connectivity index (χ2n) is 8.34. The first-order valence-electron chi connectivity index (χ1n) is 10.7. The van der Waals surface area contributed by atoms with Gasteiger partial charge in [-0.1, -0.05) is 12.1 Å². The number of hydrogen-bond acceptors (Lipinski definition) is 5. The Balaban J connectivity index is 1.53. The second kappa shape index (κ2) is 8.50. The smallest absolute Gasteiger partial charge is 0.119 e. The summed E-state index contributed by atoms with van der Waals surface area (Å²) in [4.78, 5) is 8.48. The molecule has 3 aromatic rings. The Morgan fingerprint density at radius 1 is 1.33 bits per heavy atom. The number of piperidine rings is 3. The molecule has 0 spiro atoms. The lowest BCUT2D eigenvalue weighted by atomic mass is 9.73. The van der Waals surface area contributed by atoms with Gasteiger partial charge in [0.05, 0.1) is 25.3 Å². The van der Waals surface area contributed by atoms with Crippen LogP contribution in [0.25, 0.3) is 10.9 Å². The van der Waals surface area contributed by atoms with E-state index in [0.29, 0.717) is 24.5 Å². The molecule has 0 aliphatic carbocycles. The summed E-state index contributed by atoms with van der Waals surface area (Å²) in [6, 6.07) is 12.9. The van der Waals surface area contributed by atoms with Crippen LogP contribution in [0.3, 0.4) is 0 Å². The van der Waals surface area contributed by atoms with Crippen molar-refractivity contribution in [2.45, 2.75) is 31.6 Å². The van der Waals surface area contributed by atoms with E-state index in [1.807, 2.05) is 18.3 Å². The third-order valence-corrected chi connectivity index (χ3v) is 7.63. The van der Waals surface area contributed by atoms with Gasteiger partial charge in [0.1, 0.15) is 5.75 Å². The zero-order valence-electron chi connectivity index (χ0n) is 17.4. The number of ether oxygens (including phenoxy) is 2. The van der Waals surface area contributed by atoms with E-state index in [1.165, 1.54) is 16.9 Å². The number of aromatic nitrogens is 1. The van der Waals surface area contributed by atoms with Crippen molar-refractivity contribution < 1.29 is 9.47 Å². The van der Waals surface area contributed by atoms with Crippen molar-refractivity contribution in [3.8, 4) is 5.75 Å². The van der Waals surface area contributed by atoms with E-state index in [4.69, 9.17) is 9.47 Å². The van der Waals surface area contributed by atoms with Crippen LogP contribution in [0.1, 0.15) is 29.4 Å². The van der Waals surface area contributed by atoms with Crippen molar-refractivity contribution in [1.29, 1.82) is 0 Å². The summed E-state index contributed by atoms with van der Waals surface area (Å²) in [7, 11) is 1.71. The van der Waals surface area contributed by atoms with Crippen LogP contribution in [-0.2, 0) is 11.3 Å². The van der Waals surface area contributed by atoms with Gasteiger partial charge in [-0.3, -0.25) is 9.88 Å². The van der Waals surface area contributed by atoms with E-state index in [0.717, 1.165) is 36.2 Å². The largest absolute Gasteiger partial charge is 0.497 e. The maximum absolute atomic E-state index is 6.69. The molecule has 3 fully saturated rings. The average Bonchev–Trinajstić information content (AvgIpc) is 3.33. The molecule has 3 aliphatic rings. The van der Waals surface area contributed by atoms with Crippen molar-refractivity contribution in [3.05, 3.63) is 71.1 Å². The summed E-state index contributed by atoms with van der Waals surface area (Å²) in [6.45, 7) is 6.95. The maximum Gasteiger partial charge on any atom is 0.119 e. The highest BCUT2D eigenvalue weighted by Crippen LogP contribution is 2.44. The van der Waals surface area contributed by atoms with Gasteiger partial charge in [-0.15, -0.1) is 17.9 Å². The highest BCUT2D eigenvalue weighted by atomic mass is 32.1. The molecule has 2 aromatic heterocycles. The Hall–Kier alpha value is -2.21. The predicted octanol–water partition coefficient (Wildman–Crippen LogP) is 5.46. The molecule has 5 atom stereocenters. The van der Waals surface area contributed by atoms with Crippen molar-refractivity contribution >= 4 is 22.2 Å². The molecule has 4 nitrogen and oxygen atoms in total. The fourth-order valence-corrected chi connectivity index (χ4v) is 5.81. The number of hydrogen-bond donors (Lipinski definition) is 0. The van der Waals surface area contributed by atoms with Crippen molar-refractivity contribution in [3.63, 3.8) is 0 Å². The predicted molar refractivity (Wildman–Crippen MR) is 122 cm³/mol. The van der Waals surface area contributed by atoms with E-state index >= 15 is 0 Å². The SMILES string of the molecule is C=C[C@H]1CN2CC[C@H]1C[C@H]2[C@H](OCc1cccs1)c1ccnc2ccc(OC)cc12. The van der Waals surface area contributed by atoms with E-state index in [9.17, 15) is 0 Å². The lowest BCUT2D eigenvalue weighted by Gasteiger charge is -2.51. The van der Waals surface area contributed by atoms with Gasteiger partial charge in [-0.2, -0.15) is 0 Å². The first-order chi connectivity index (χ1) is 14.8. The third-order valence-electron chi connectivity index (χ3n) is 6.78. The normalized spacial score (nSPS) is 26.6. The standard InChI is InChI=1S/C25H28N2O2S/c1-3-17-15-27-11-9-18(17)13-24(27)25(29-16-20-5-4-12-30-20)21-8-10-26-23-7-6-19(28-2)14-22(21)23/h3-8,10,12,14,17-18,24-25H,1,9,11,13,15-16H2,2H3/t17-,18-,24-,25+/m0/s1. The van der Waals surface area contributed by atoms with Gasteiger partial charge in [0.25, 0.3) is 0 Å². The number of methoxy groups -OCH3 is 1. The molecule has 5 heteroatoms. The summed E-state index contributed by atoms with van der Waals surface area (Å²) in [5.41, 5.74) is 2.20. The van der Waals surface area contributed by atoms with E-state index in [-0.39, 0.29) is 6.10 Å². The van der Waals surface area contributed by atoms with Gasteiger partial charge >= 0.3 is 0 Å². The fraction of sp³-hybridized carbons (Fsp3) is 0.400. The second-order valence-corrected chi connectivity index (χ2v) is 9.37. The molecular formula is C25H28N2O2S. The molecule has 0 saturated carbocycles. The number of thiophene rings is 1. The summed E-state index contributed by atoms with van der Waals surface area (Å²) in [5, 5.41) is 3.23. The zero-order valence-corrected chi connectivity index (χ0v) is 18.2. The molecule has 0 radical (unpaired) electrons. The molecule has 0 amide bonds. The van der Waals surface area contributed by atoms with Gasteiger partial charge in [-0.05, 0) is 72.5 Å². The summed E-state index contributed by atoms with van der Waals surface area (Å²) >= 11 is 1.75. The van der Waals surface area contributed by atoms with Gasteiger partial charge in [-0.25, -0.2) is 0 Å². The Kier molecular flexibility index (Phi) is 5.59. The zero-order chi connectivity index (χ0) is 20.5. The summed E-state index contributed by atoms with van der Waals surface area (Å²) in [5.74, 6) is 2.15. The van der Waals surface area contributed by atoms with E-state index < -0.39 is 0 Å². The molecule has 156 valence electrons. The Labute approximate surface area is 182 Å². The van der Waals surface area contributed by atoms with E-state index in [2.05, 4.69) is 52.2 Å². The van der Waals surface area contributed by atoms with Crippen LogP contribution in [0.4, 0.5) is 0 Å². The van der Waals surface area contributed by atoms with E-state index in [1.54, 1.807) is 18.4 Å². The molecule has 3 saturated heterocycles. The highest BCUT2D eigenvalue weighted by Gasteiger charge is 2.43. The first kappa shape index (κ1) is 19.7. The molecule has 0 N–H and O–H groups in total. The Bertz CT molecular complexity index is 1020. The summed E-state index contributed by atoms with van der Waals surface area (Å²) in [6.07, 6.45) is 6.48. The number of nitrogens with zero attached hydrogens (tertiary/aromatic N) is 2. The maximum atomic E-state index is 6.69. The molecule has 30 heavy (non-hydrogen) atoms. The first-order valence-corrected chi connectivity index (χ1v) is 11.6. The molecule has 1 unspecified atom stereocenters. The minimum Gasteiger partial charge on any atom is -0.497 e. The minimum absolute atomic E-state index is 0.00160. The molecule has 2 bridgehead atoms. The van der Waals surface area contributed by atoms with Gasteiger partial charge in [0.2, 0.25) is 0 Å². The van der Waals surface area contributed by atoms with Gasteiger partial charge < -0.3 is 9.47 Å². The van der Waals surface area contributed by atoms with Gasteiger partial charge in [0, 0.05) is 29.0 Å². The minimum atomic E-state index is -0.00160. The Morgan fingerprint density at radius 2 is 2.27 bits per heavy atom. The van der Waals surface area contributed by atoms with Crippen molar-refractivity contribution in [2.75, 3.05) is 20.2 Å². The molecule has 5 heterocycles. The van der Waals surface area contributed by atoms with Crippen LogP contribution >= 0.6 is 11.3 Å². The molecule has 3 aliphatic heterocycles. The van der Waals surface area contributed by atoms with Crippen LogP contribution in [-0.4, -0.2) is 36.1 Å². The van der Waals surface area contributed by atoms with Crippen LogP contribution in [0, 0.1) is 11.8 Å². The molecular weight excluding hydrogens is 392 g/mol. The van der Waals surface area contributed by atoms with Crippen LogP contribution < -0.4 is 4.74 Å². The number of rotatable bonds is 7. The van der Waals surface area contributed by atoms with Crippen LogP contribution in [0.5, 0.6) is 5.75 Å². The average molecular weight is 421 g/mol. The lowest BCUT2D eigenvalue weighted by Crippen LogP contribution is -2.55. The Morgan fingerprint density at radius 3 is 3.00 bits per heavy atom. The van der Waals surface area contributed by atoms with Gasteiger partial charge in [0.15, 0.2) is 0 Å². The van der Waals surface area contributed by atoms with Crippen LogP contribution in [0.15, 0.2) is 60.6 Å². The molecule has 6 rings (SSSR count). The lowest BCUT2D eigenvalue weighted by molar-refractivity contribution is -0.0798. The monoisotopic (exact) mass is 420 g/mol. The van der Waals surface area contributed by atoms with Crippen molar-refractivity contribution in [2.24, 2.45) is 11.8 Å². The highest BCUT2D eigenvalue weighted by molar-refractivity contribution is 7.09.